The molecule has 5 heteroatoms. The lowest BCUT2D eigenvalue weighted by Crippen LogP contribution is -2.33. The molecule has 1 atom stereocenters. The lowest BCUT2D eigenvalue weighted by atomic mass is 10.1. The summed E-state index contributed by atoms with van der Waals surface area (Å²) in [7, 11) is 0. The fraction of sp³-hybridized carbons (Fsp3) is 0.300. The van der Waals surface area contributed by atoms with Crippen LogP contribution in [0.3, 0.4) is 0 Å². The van der Waals surface area contributed by atoms with E-state index >= 15 is 0 Å². The third kappa shape index (κ3) is 4.42. The number of rotatable bonds is 7. The van der Waals surface area contributed by atoms with Crippen molar-refractivity contribution < 1.29 is 9.59 Å². The number of thioether (sulfide) groups is 1. The lowest BCUT2D eigenvalue weighted by Gasteiger charge is -2.15. The van der Waals surface area contributed by atoms with Crippen molar-refractivity contribution in [1.82, 2.24) is 4.90 Å². The molecule has 2 aromatic rings. The van der Waals surface area contributed by atoms with Crippen molar-refractivity contribution in [2.24, 2.45) is 0 Å². The molecule has 4 nitrogen and oxygen atoms in total. The molecule has 1 saturated heterocycles. The summed E-state index contributed by atoms with van der Waals surface area (Å²) in [6, 6.07) is 17.7. The summed E-state index contributed by atoms with van der Waals surface area (Å²) in [5.74, 6) is -0.186. The van der Waals surface area contributed by atoms with Crippen LogP contribution in [0.15, 0.2) is 54.6 Å². The van der Waals surface area contributed by atoms with Crippen molar-refractivity contribution in [3.8, 4) is 0 Å². The van der Waals surface area contributed by atoms with Gasteiger partial charge in [-0.1, -0.05) is 55.8 Å². The summed E-state index contributed by atoms with van der Waals surface area (Å²) in [5.41, 5.74) is 3.10. The van der Waals surface area contributed by atoms with Gasteiger partial charge < -0.3 is 5.32 Å². The van der Waals surface area contributed by atoms with Crippen LogP contribution in [0.2, 0.25) is 0 Å². The summed E-state index contributed by atoms with van der Waals surface area (Å²) < 4.78 is 0. The Kier molecular flexibility index (Phi) is 5.76. The molecule has 1 fully saturated rings. The molecule has 1 aliphatic heterocycles. The third-order valence-electron chi connectivity index (χ3n) is 4.18. The van der Waals surface area contributed by atoms with Gasteiger partial charge in [-0.2, -0.15) is 0 Å². The van der Waals surface area contributed by atoms with Crippen LogP contribution in [0, 0.1) is 0 Å². The number of anilines is 1. The van der Waals surface area contributed by atoms with E-state index in [1.165, 1.54) is 23.3 Å². The van der Waals surface area contributed by atoms with Gasteiger partial charge in [0.1, 0.15) is 0 Å². The van der Waals surface area contributed by atoms with E-state index in [0.29, 0.717) is 6.54 Å². The Labute approximate surface area is 152 Å². The topological polar surface area (TPSA) is 49.4 Å². The SMILES string of the molecule is CCCCc1ccc(NC2SC(=O)N(Cc3ccccc3)C2=O)cc1. The number of hydrogen-bond acceptors (Lipinski definition) is 4. The minimum atomic E-state index is -0.558. The largest absolute Gasteiger partial charge is 0.365 e. The average molecular weight is 354 g/mol. The molecule has 0 bridgehead atoms. The Morgan fingerprint density at radius 2 is 1.72 bits per heavy atom. The summed E-state index contributed by atoms with van der Waals surface area (Å²) in [6.07, 6.45) is 3.41. The number of nitrogens with one attached hydrogen (secondary N) is 1. The van der Waals surface area contributed by atoms with Crippen molar-refractivity contribution in [2.45, 2.75) is 38.1 Å². The Morgan fingerprint density at radius 1 is 1.00 bits per heavy atom. The molecule has 1 heterocycles. The maximum Gasteiger partial charge on any atom is 0.291 e. The van der Waals surface area contributed by atoms with Crippen molar-refractivity contribution in [1.29, 1.82) is 0 Å². The second-order valence-corrected chi connectivity index (χ2v) is 7.17. The molecule has 2 aromatic carbocycles. The van der Waals surface area contributed by atoms with Crippen LogP contribution in [-0.2, 0) is 17.8 Å². The molecular formula is C20H22N2O2S. The van der Waals surface area contributed by atoms with E-state index in [2.05, 4.69) is 24.4 Å². The third-order valence-corrected chi connectivity index (χ3v) is 5.16. The van der Waals surface area contributed by atoms with E-state index in [1.807, 2.05) is 42.5 Å². The summed E-state index contributed by atoms with van der Waals surface area (Å²) >= 11 is 1.04. The van der Waals surface area contributed by atoms with Gasteiger partial charge >= 0.3 is 0 Å². The van der Waals surface area contributed by atoms with Gasteiger partial charge in [0.15, 0.2) is 5.37 Å². The molecule has 25 heavy (non-hydrogen) atoms. The molecule has 2 amide bonds. The zero-order valence-electron chi connectivity index (χ0n) is 14.3. The monoisotopic (exact) mass is 354 g/mol. The molecule has 130 valence electrons. The van der Waals surface area contributed by atoms with Gasteiger partial charge in [0.05, 0.1) is 6.54 Å². The van der Waals surface area contributed by atoms with Gasteiger partial charge in [0, 0.05) is 5.69 Å². The number of nitrogens with zero attached hydrogens (tertiary/aromatic N) is 1. The highest BCUT2D eigenvalue weighted by molar-refractivity contribution is 8.15. The van der Waals surface area contributed by atoms with Crippen molar-refractivity contribution in [2.75, 3.05) is 5.32 Å². The van der Waals surface area contributed by atoms with Gasteiger partial charge in [0.25, 0.3) is 11.1 Å². The van der Waals surface area contributed by atoms with E-state index in [-0.39, 0.29) is 11.1 Å². The first kappa shape index (κ1) is 17.5. The molecule has 1 unspecified atom stereocenters. The maximum absolute atomic E-state index is 12.6. The summed E-state index contributed by atoms with van der Waals surface area (Å²) in [6.45, 7) is 2.50. The van der Waals surface area contributed by atoms with Crippen LogP contribution in [0.5, 0.6) is 0 Å². The van der Waals surface area contributed by atoms with Crippen molar-refractivity contribution in [3.63, 3.8) is 0 Å². The molecule has 0 aromatic heterocycles. The predicted octanol–water partition coefficient (Wildman–Crippen LogP) is 4.66. The fourth-order valence-corrected chi connectivity index (χ4v) is 3.65. The smallest absolute Gasteiger partial charge is 0.291 e. The van der Waals surface area contributed by atoms with Crippen LogP contribution in [-0.4, -0.2) is 21.4 Å². The molecule has 0 saturated carbocycles. The minimum absolute atomic E-state index is 0.186. The predicted molar refractivity (Wildman–Crippen MR) is 102 cm³/mol. The summed E-state index contributed by atoms with van der Waals surface area (Å²) in [4.78, 5) is 26.1. The van der Waals surface area contributed by atoms with Gasteiger partial charge in [-0.05, 0) is 47.9 Å². The molecule has 0 aliphatic carbocycles. The Morgan fingerprint density at radius 3 is 2.40 bits per heavy atom. The van der Waals surface area contributed by atoms with Crippen LogP contribution >= 0.6 is 11.8 Å². The first-order valence-electron chi connectivity index (χ1n) is 8.59. The van der Waals surface area contributed by atoms with Gasteiger partial charge in [-0.3, -0.25) is 14.5 Å². The number of benzene rings is 2. The quantitative estimate of drug-likeness (QED) is 0.785. The highest BCUT2D eigenvalue weighted by atomic mass is 32.2. The minimum Gasteiger partial charge on any atom is -0.365 e. The molecule has 3 rings (SSSR count). The summed E-state index contributed by atoms with van der Waals surface area (Å²) in [5, 5.41) is 2.41. The van der Waals surface area contributed by atoms with Crippen LogP contribution in [0.1, 0.15) is 30.9 Å². The average Bonchev–Trinajstić information content (AvgIpc) is 2.89. The highest BCUT2D eigenvalue weighted by Gasteiger charge is 2.39. The van der Waals surface area contributed by atoms with E-state index < -0.39 is 5.37 Å². The number of carbonyl (C=O) groups excluding carboxylic acids is 2. The second-order valence-electron chi connectivity index (χ2n) is 6.12. The normalized spacial score (nSPS) is 17.2. The standard InChI is InChI=1S/C20H22N2O2S/c1-2-3-7-15-10-12-17(13-11-15)21-18-19(23)22(20(24)25-18)14-16-8-5-4-6-9-16/h4-6,8-13,18,21H,2-3,7,14H2,1H3. The number of imide groups is 1. The van der Waals surface area contributed by atoms with Crippen LogP contribution in [0.25, 0.3) is 0 Å². The molecule has 1 aliphatic rings. The zero-order chi connectivity index (χ0) is 17.6. The second kappa shape index (κ2) is 8.21. The fourth-order valence-electron chi connectivity index (χ4n) is 2.75. The molecule has 1 N–H and O–H groups in total. The number of carbonyl (C=O) groups is 2. The molecular weight excluding hydrogens is 332 g/mol. The number of amides is 2. The van der Waals surface area contributed by atoms with Gasteiger partial charge in [-0.15, -0.1) is 0 Å². The number of aryl methyl sites for hydroxylation is 1. The van der Waals surface area contributed by atoms with E-state index in [0.717, 1.165) is 29.4 Å². The van der Waals surface area contributed by atoms with Gasteiger partial charge in [-0.25, -0.2) is 0 Å². The zero-order valence-corrected chi connectivity index (χ0v) is 15.1. The van der Waals surface area contributed by atoms with E-state index in [4.69, 9.17) is 0 Å². The Balaban J connectivity index is 1.62. The molecule has 0 radical (unpaired) electrons. The van der Waals surface area contributed by atoms with Crippen LogP contribution in [0.4, 0.5) is 10.5 Å². The first-order chi connectivity index (χ1) is 12.2. The molecule has 0 spiro atoms. The van der Waals surface area contributed by atoms with E-state index in [9.17, 15) is 9.59 Å². The Hall–Kier alpha value is -2.27. The van der Waals surface area contributed by atoms with Crippen LogP contribution < -0.4 is 5.32 Å². The number of hydrogen-bond donors (Lipinski definition) is 1. The first-order valence-corrected chi connectivity index (χ1v) is 9.46. The van der Waals surface area contributed by atoms with Crippen molar-refractivity contribution in [3.05, 3.63) is 65.7 Å². The lowest BCUT2D eigenvalue weighted by molar-refractivity contribution is -0.126. The van der Waals surface area contributed by atoms with E-state index in [1.54, 1.807) is 0 Å². The Bertz CT molecular complexity index is 731. The maximum atomic E-state index is 12.6. The van der Waals surface area contributed by atoms with Crippen molar-refractivity contribution >= 4 is 28.6 Å². The number of unbranched alkanes of at least 4 members (excludes halogenated alkanes) is 1. The van der Waals surface area contributed by atoms with Gasteiger partial charge in [0.2, 0.25) is 0 Å². The highest BCUT2D eigenvalue weighted by Crippen LogP contribution is 2.29.